The Bertz CT molecular complexity index is 4950. The minimum Gasteiger partial charge on any atom is -0.375 e. The maximum atomic E-state index is 2.76. The Labute approximate surface area is 487 Å². The molecule has 0 N–H and O–H groups in total. The van der Waals surface area contributed by atoms with Gasteiger partial charge >= 0.3 is 13.7 Å². The van der Waals surface area contributed by atoms with Gasteiger partial charge in [-0.1, -0.05) is 231 Å². The summed E-state index contributed by atoms with van der Waals surface area (Å²) in [6.07, 6.45) is 0. The predicted molar refractivity (Wildman–Crippen MR) is 355 cm³/mol. The number of fused-ring (bicyclic) bond motifs is 16. The molecule has 19 rings (SSSR count). The van der Waals surface area contributed by atoms with Crippen molar-refractivity contribution in [3.63, 3.8) is 0 Å². The van der Waals surface area contributed by atoms with Crippen LogP contribution in [0.3, 0.4) is 0 Å². The molecule has 4 nitrogen and oxygen atoms in total. The summed E-state index contributed by atoms with van der Waals surface area (Å²) in [4.78, 5) is 5.13. The average molecular weight is 1060 g/mol. The topological polar surface area (TPSA) is 16.3 Å². The van der Waals surface area contributed by atoms with E-state index in [2.05, 4.69) is 310 Å². The Morgan fingerprint density at radius 2 is 0.595 bits per heavy atom. The van der Waals surface area contributed by atoms with Gasteiger partial charge in [0.25, 0.3) is 0 Å². The first-order valence-electron chi connectivity index (χ1n) is 29.3. The lowest BCUT2D eigenvalue weighted by Crippen LogP contribution is -2.57. The molecule has 6 heterocycles. The molecule has 4 aliphatic heterocycles. The van der Waals surface area contributed by atoms with Gasteiger partial charge in [-0.25, -0.2) is 0 Å². The van der Waals surface area contributed by atoms with Crippen molar-refractivity contribution in [2.75, 3.05) is 9.80 Å². The lowest BCUT2D eigenvalue weighted by molar-refractivity contribution is 1.25. The van der Waals surface area contributed by atoms with Gasteiger partial charge in [0.1, 0.15) is 0 Å². The van der Waals surface area contributed by atoms with Crippen LogP contribution in [0.1, 0.15) is 0 Å². The molecule has 0 saturated carbocycles. The minimum absolute atomic E-state index is 0.128. The highest BCUT2D eigenvalue weighted by Crippen LogP contribution is 2.56. The van der Waals surface area contributed by atoms with E-state index in [0.29, 0.717) is 0 Å². The number of hydrogen-bond donors (Lipinski definition) is 0. The predicted octanol–water partition coefficient (Wildman–Crippen LogP) is 17.4. The largest absolute Gasteiger partial charge is 0.375 e. The Hall–Kier alpha value is -10.8. The van der Waals surface area contributed by atoms with Crippen LogP contribution >= 0.6 is 0 Å². The second-order valence-corrected chi connectivity index (χ2v) is 23.0. The first kappa shape index (κ1) is 45.9. The van der Waals surface area contributed by atoms with E-state index in [1.54, 1.807) is 0 Å². The highest BCUT2D eigenvalue weighted by molar-refractivity contribution is 6.92. The molecule has 84 heavy (non-hydrogen) atoms. The molecule has 0 radical (unpaired) electrons. The average Bonchev–Trinajstić information content (AvgIpc) is 1.44. The maximum Gasteiger partial charge on any atom is 0.333 e. The van der Waals surface area contributed by atoms with Crippen molar-refractivity contribution >= 4 is 113 Å². The molecule has 0 aliphatic carbocycles. The van der Waals surface area contributed by atoms with Crippen molar-refractivity contribution in [3.05, 3.63) is 291 Å². The molecule has 0 unspecified atom stereocenters. The molecule has 0 bridgehead atoms. The zero-order valence-electron chi connectivity index (χ0n) is 45.7. The number of aromatic nitrogens is 2. The van der Waals surface area contributed by atoms with Gasteiger partial charge in [-0.3, -0.25) is 0 Å². The van der Waals surface area contributed by atoms with Crippen molar-refractivity contribution in [2.24, 2.45) is 0 Å². The quantitative estimate of drug-likeness (QED) is 0.154. The fourth-order valence-electron chi connectivity index (χ4n) is 15.5. The smallest absolute Gasteiger partial charge is 0.333 e. The summed E-state index contributed by atoms with van der Waals surface area (Å²) >= 11 is 0. The monoisotopic (exact) mass is 1060 g/mol. The fraction of sp³-hybridized carbons (Fsp3) is 0. The Kier molecular flexibility index (Phi) is 9.48. The molecule has 4 aliphatic rings. The number of para-hydroxylation sites is 2. The fourth-order valence-corrected chi connectivity index (χ4v) is 15.5. The van der Waals surface area contributed by atoms with Crippen LogP contribution in [0.5, 0.6) is 0 Å². The number of nitrogens with zero attached hydrogens (tertiary/aromatic N) is 4. The van der Waals surface area contributed by atoms with E-state index < -0.39 is 0 Å². The van der Waals surface area contributed by atoms with E-state index in [4.69, 9.17) is 0 Å². The van der Waals surface area contributed by atoms with Crippen molar-refractivity contribution in [3.8, 4) is 66.8 Å². The Morgan fingerprint density at radius 3 is 1.00 bits per heavy atom. The Morgan fingerprint density at radius 1 is 0.250 bits per heavy atom. The third-order valence-electron chi connectivity index (χ3n) is 18.8. The normalized spacial score (nSPS) is 13.1. The summed E-state index contributed by atoms with van der Waals surface area (Å²) < 4.78 is 5.52. The molecular formula is C78H48B2N4. The summed E-state index contributed by atoms with van der Waals surface area (Å²) in [5, 5.41) is 5.15. The van der Waals surface area contributed by atoms with Crippen molar-refractivity contribution in [2.45, 2.75) is 0 Å². The van der Waals surface area contributed by atoms with Gasteiger partial charge in [-0.2, -0.15) is 0 Å². The van der Waals surface area contributed by atoms with E-state index in [0.717, 1.165) is 11.4 Å². The molecular weight excluding hydrogens is 1010 g/mol. The van der Waals surface area contributed by atoms with Gasteiger partial charge in [-0.05, 0) is 138 Å². The van der Waals surface area contributed by atoms with Crippen molar-refractivity contribution < 1.29 is 0 Å². The zero-order valence-corrected chi connectivity index (χ0v) is 45.7. The summed E-state index contributed by atoms with van der Waals surface area (Å²) in [6, 6.07) is 109. The van der Waals surface area contributed by atoms with Gasteiger partial charge in [0.05, 0.1) is 0 Å². The third kappa shape index (κ3) is 6.23. The summed E-state index contributed by atoms with van der Waals surface area (Å²) in [5.74, 6) is 0. The molecule has 15 aromatic rings. The van der Waals surface area contributed by atoms with Gasteiger partial charge < -0.3 is 18.8 Å². The molecule has 0 fully saturated rings. The molecule has 13 aromatic carbocycles. The maximum absolute atomic E-state index is 2.76. The van der Waals surface area contributed by atoms with Crippen LogP contribution in [0.25, 0.3) is 110 Å². The van der Waals surface area contributed by atoms with Gasteiger partial charge in [0.2, 0.25) is 0 Å². The minimum atomic E-state index is -0.128. The molecule has 2 aromatic heterocycles. The van der Waals surface area contributed by atoms with Gasteiger partial charge in [0.15, 0.2) is 0 Å². The summed E-state index contributed by atoms with van der Waals surface area (Å²) in [7, 11) is 0. The molecule has 386 valence electrons. The van der Waals surface area contributed by atoms with E-state index >= 15 is 0 Å². The van der Waals surface area contributed by atoms with Crippen molar-refractivity contribution in [1.29, 1.82) is 0 Å². The van der Waals surface area contributed by atoms with Crippen LogP contribution in [0, 0.1) is 0 Å². The molecule has 0 saturated heterocycles. The first-order valence-corrected chi connectivity index (χ1v) is 29.3. The van der Waals surface area contributed by atoms with Crippen LogP contribution < -0.4 is 31.7 Å². The molecule has 0 spiro atoms. The lowest BCUT2D eigenvalue weighted by Gasteiger charge is -2.42. The van der Waals surface area contributed by atoms with Crippen molar-refractivity contribution in [1.82, 2.24) is 8.96 Å². The Balaban J connectivity index is 0.941. The lowest BCUT2D eigenvalue weighted by atomic mass is 9.44. The van der Waals surface area contributed by atoms with Gasteiger partial charge in [0, 0.05) is 88.9 Å². The third-order valence-corrected chi connectivity index (χ3v) is 18.8. The number of rotatable bonds is 6. The number of anilines is 6. The van der Waals surface area contributed by atoms with Gasteiger partial charge in [-0.15, -0.1) is 0 Å². The number of hydrogen-bond acceptors (Lipinski definition) is 2. The summed E-state index contributed by atoms with van der Waals surface area (Å²) in [6.45, 7) is -0.256. The SMILES string of the molecule is c1ccc(-c2cccc(N3c4cc(-c5ccccc5)ccc4B4c5c(cccc53)-c3c5c6ccccc6n6c5c(c5c7ccccc7n4c35)-c3cccc4c3B6c3ccc(-c5ccccc5)cc3N4c3cccc(-c4ccccc4)c3)c2)cc1. The molecule has 6 heteroatoms. The highest BCUT2D eigenvalue weighted by atomic mass is 15.2. The second kappa shape index (κ2) is 17.4. The van der Waals surface area contributed by atoms with E-state index in [-0.39, 0.29) is 13.7 Å². The van der Waals surface area contributed by atoms with E-state index in [9.17, 15) is 0 Å². The standard InChI is InChI=1S/C78H48B2N4/c1-5-21-49(22-6-1)53-29-17-31-57(45-53)81-67-39-19-35-61-73-71-60-34-14-16-38-66(60)84-78(71)74(72-59-33-13-15-37-65(59)83(77(72)73)79(75(61)67)63-43-41-55(47-69(63)81)51-25-9-3-10-26-51)62-36-20-40-68-76(62)80(84)64-44-42-56(52-27-11-4-12-28-52)48-70(64)82(68)58-32-18-30-54(46-58)50-23-7-2-8-24-50/h1-48H. The highest BCUT2D eigenvalue weighted by Gasteiger charge is 2.48. The van der Waals surface area contributed by atoms with Crippen LogP contribution in [0.2, 0.25) is 0 Å². The first-order chi connectivity index (χ1) is 41.7. The second-order valence-electron chi connectivity index (χ2n) is 23.0. The van der Waals surface area contributed by atoms with Crippen LogP contribution in [-0.2, 0) is 0 Å². The van der Waals surface area contributed by atoms with Crippen LogP contribution in [0.15, 0.2) is 291 Å². The van der Waals surface area contributed by atoms with E-state index in [1.807, 2.05) is 0 Å². The molecule has 0 atom stereocenters. The van der Waals surface area contributed by atoms with Crippen LogP contribution in [0.4, 0.5) is 34.1 Å². The zero-order chi connectivity index (χ0) is 54.7. The number of benzene rings is 13. The summed E-state index contributed by atoms with van der Waals surface area (Å²) in [5.41, 5.74) is 32.1. The van der Waals surface area contributed by atoms with E-state index in [1.165, 1.54) is 155 Å². The van der Waals surface area contributed by atoms with Crippen LogP contribution in [-0.4, -0.2) is 22.7 Å². The molecule has 0 amide bonds.